The summed E-state index contributed by atoms with van der Waals surface area (Å²) in [6.07, 6.45) is 8.62. The molecule has 2 aliphatic rings. The number of nitrogens with one attached hydrogen (secondary N) is 1. The Morgan fingerprint density at radius 3 is 2.85 bits per heavy atom. The number of hydrogen-bond acceptors (Lipinski definition) is 3. The molecule has 1 aromatic heterocycles. The summed E-state index contributed by atoms with van der Waals surface area (Å²) < 4.78 is 0. The van der Waals surface area contributed by atoms with Crippen molar-refractivity contribution in [2.45, 2.75) is 51.9 Å². The molecule has 0 amide bonds. The number of nitrogens with zero attached hydrogens (tertiary/aromatic N) is 2. The van der Waals surface area contributed by atoms with Crippen LogP contribution >= 0.6 is 0 Å². The van der Waals surface area contributed by atoms with Gasteiger partial charge in [-0.05, 0) is 55.6 Å². The molecule has 0 bridgehead atoms. The summed E-state index contributed by atoms with van der Waals surface area (Å²) in [4.78, 5) is 4.69. The summed E-state index contributed by atoms with van der Waals surface area (Å²) in [6.45, 7) is 3.31. The molecular weight excluding hydrogens is 246 g/mol. The predicted molar refractivity (Wildman–Crippen MR) is 80.6 cm³/mol. The van der Waals surface area contributed by atoms with Gasteiger partial charge in [0.1, 0.15) is 11.9 Å². The number of anilines is 1. The predicted octanol–water partition coefficient (Wildman–Crippen LogP) is 3.68. The number of hydrogen-bond donors (Lipinski definition) is 1. The summed E-state index contributed by atoms with van der Waals surface area (Å²) in [5.41, 5.74) is 3.19. The van der Waals surface area contributed by atoms with Gasteiger partial charge in [-0.3, -0.25) is 0 Å². The van der Waals surface area contributed by atoms with Crippen LogP contribution in [-0.2, 0) is 12.8 Å². The van der Waals surface area contributed by atoms with Crippen LogP contribution in [0.5, 0.6) is 0 Å². The maximum Gasteiger partial charge on any atom is 0.144 e. The third kappa shape index (κ3) is 2.80. The summed E-state index contributed by atoms with van der Waals surface area (Å²) in [7, 11) is 0. The second-order valence-corrected chi connectivity index (χ2v) is 6.46. The van der Waals surface area contributed by atoms with Gasteiger partial charge < -0.3 is 5.32 Å². The number of pyridine rings is 1. The molecule has 1 aromatic rings. The van der Waals surface area contributed by atoms with Crippen molar-refractivity contribution in [1.29, 1.82) is 5.26 Å². The zero-order chi connectivity index (χ0) is 13.9. The van der Waals surface area contributed by atoms with Crippen molar-refractivity contribution >= 4 is 5.82 Å². The van der Waals surface area contributed by atoms with Gasteiger partial charge in [0.15, 0.2) is 0 Å². The van der Waals surface area contributed by atoms with Crippen LogP contribution in [0.2, 0.25) is 0 Å². The lowest BCUT2D eigenvalue weighted by molar-refractivity contribution is 0.300. The van der Waals surface area contributed by atoms with Gasteiger partial charge >= 0.3 is 0 Å². The van der Waals surface area contributed by atoms with Crippen molar-refractivity contribution in [3.05, 3.63) is 22.9 Å². The Kier molecular flexibility index (Phi) is 3.91. The minimum Gasteiger partial charge on any atom is -0.369 e. The Balaban J connectivity index is 1.67. The average molecular weight is 269 g/mol. The fraction of sp³-hybridized carbons (Fsp3) is 0.647. The van der Waals surface area contributed by atoms with Crippen LogP contribution in [0.4, 0.5) is 5.82 Å². The Bertz CT molecular complexity index is 522. The first-order valence-corrected chi connectivity index (χ1v) is 7.93. The maximum absolute atomic E-state index is 9.29. The van der Waals surface area contributed by atoms with E-state index in [0.717, 1.165) is 42.6 Å². The fourth-order valence-corrected chi connectivity index (χ4v) is 3.47. The second-order valence-electron chi connectivity index (χ2n) is 6.46. The molecular formula is C17H23N3. The standard InChI is InChI=1S/C17H23N3/c1-12-5-7-13(8-6-12)11-19-17-15(10-18)9-14-3-2-4-16(14)20-17/h9,12-13H,2-8,11H2,1H3,(H,19,20). The first-order chi connectivity index (χ1) is 9.76. The SMILES string of the molecule is CC1CCC(CNc2nc3c(cc2C#N)CCC3)CC1. The Morgan fingerprint density at radius 1 is 1.30 bits per heavy atom. The van der Waals surface area contributed by atoms with E-state index in [1.54, 1.807) is 0 Å². The lowest BCUT2D eigenvalue weighted by atomic mass is 9.83. The van der Waals surface area contributed by atoms with Crippen molar-refractivity contribution in [2.75, 3.05) is 11.9 Å². The number of aryl methyl sites for hydroxylation is 2. The minimum atomic E-state index is 0.717. The van der Waals surface area contributed by atoms with E-state index in [-0.39, 0.29) is 0 Å². The van der Waals surface area contributed by atoms with Crippen LogP contribution in [0, 0.1) is 23.2 Å². The Morgan fingerprint density at radius 2 is 2.10 bits per heavy atom. The molecule has 1 saturated carbocycles. The van der Waals surface area contributed by atoms with Crippen molar-refractivity contribution in [3.63, 3.8) is 0 Å². The van der Waals surface area contributed by atoms with E-state index >= 15 is 0 Å². The highest BCUT2D eigenvalue weighted by atomic mass is 15.0. The van der Waals surface area contributed by atoms with Crippen LogP contribution < -0.4 is 5.32 Å². The molecule has 3 heteroatoms. The van der Waals surface area contributed by atoms with Gasteiger partial charge in [-0.25, -0.2) is 4.98 Å². The molecule has 0 radical (unpaired) electrons. The summed E-state index contributed by atoms with van der Waals surface area (Å²) in [5, 5.41) is 12.7. The fourth-order valence-electron chi connectivity index (χ4n) is 3.47. The van der Waals surface area contributed by atoms with Gasteiger partial charge in [0.05, 0.1) is 5.56 Å². The maximum atomic E-state index is 9.29. The quantitative estimate of drug-likeness (QED) is 0.910. The third-order valence-corrected chi connectivity index (χ3v) is 4.86. The first-order valence-electron chi connectivity index (χ1n) is 7.93. The van der Waals surface area contributed by atoms with E-state index in [1.165, 1.54) is 43.4 Å². The Hall–Kier alpha value is -1.56. The van der Waals surface area contributed by atoms with Crippen LogP contribution in [0.15, 0.2) is 6.07 Å². The van der Waals surface area contributed by atoms with Crippen LogP contribution in [0.3, 0.4) is 0 Å². The average Bonchev–Trinajstić information content (AvgIpc) is 2.92. The molecule has 1 N–H and O–H groups in total. The van der Waals surface area contributed by atoms with E-state index in [9.17, 15) is 5.26 Å². The van der Waals surface area contributed by atoms with Gasteiger partial charge in [0.2, 0.25) is 0 Å². The van der Waals surface area contributed by atoms with E-state index in [1.807, 2.05) is 6.07 Å². The number of nitriles is 1. The molecule has 0 atom stereocenters. The zero-order valence-corrected chi connectivity index (χ0v) is 12.3. The highest BCUT2D eigenvalue weighted by Gasteiger charge is 2.20. The van der Waals surface area contributed by atoms with E-state index in [0.29, 0.717) is 0 Å². The topological polar surface area (TPSA) is 48.7 Å². The lowest BCUT2D eigenvalue weighted by Gasteiger charge is -2.26. The molecule has 0 unspecified atom stereocenters. The summed E-state index contributed by atoms with van der Waals surface area (Å²) in [5.74, 6) is 2.44. The van der Waals surface area contributed by atoms with E-state index in [4.69, 9.17) is 0 Å². The molecule has 20 heavy (non-hydrogen) atoms. The lowest BCUT2D eigenvalue weighted by Crippen LogP contribution is -2.21. The molecule has 1 fully saturated rings. The van der Waals surface area contributed by atoms with E-state index < -0.39 is 0 Å². The molecule has 0 saturated heterocycles. The van der Waals surface area contributed by atoms with E-state index in [2.05, 4.69) is 23.3 Å². The Labute approximate surface area is 121 Å². The monoisotopic (exact) mass is 269 g/mol. The van der Waals surface area contributed by atoms with Gasteiger partial charge in [-0.1, -0.05) is 19.8 Å². The van der Waals surface area contributed by atoms with Gasteiger partial charge in [0.25, 0.3) is 0 Å². The molecule has 106 valence electrons. The van der Waals surface area contributed by atoms with Crippen molar-refractivity contribution in [2.24, 2.45) is 11.8 Å². The highest BCUT2D eigenvalue weighted by molar-refractivity contribution is 5.55. The van der Waals surface area contributed by atoms with Gasteiger partial charge in [-0.15, -0.1) is 0 Å². The molecule has 2 aliphatic carbocycles. The molecule has 0 aromatic carbocycles. The smallest absolute Gasteiger partial charge is 0.144 e. The van der Waals surface area contributed by atoms with Crippen molar-refractivity contribution in [3.8, 4) is 6.07 Å². The van der Waals surface area contributed by atoms with Gasteiger partial charge in [-0.2, -0.15) is 5.26 Å². The highest BCUT2D eigenvalue weighted by Crippen LogP contribution is 2.29. The largest absolute Gasteiger partial charge is 0.369 e. The third-order valence-electron chi connectivity index (χ3n) is 4.86. The van der Waals surface area contributed by atoms with Crippen LogP contribution in [-0.4, -0.2) is 11.5 Å². The molecule has 3 rings (SSSR count). The number of rotatable bonds is 3. The van der Waals surface area contributed by atoms with Gasteiger partial charge in [0, 0.05) is 12.2 Å². The summed E-state index contributed by atoms with van der Waals surface area (Å²) >= 11 is 0. The zero-order valence-electron chi connectivity index (χ0n) is 12.3. The first kappa shape index (κ1) is 13.4. The van der Waals surface area contributed by atoms with Crippen molar-refractivity contribution < 1.29 is 0 Å². The normalized spacial score (nSPS) is 25.0. The van der Waals surface area contributed by atoms with Crippen molar-refractivity contribution in [1.82, 2.24) is 4.98 Å². The van der Waals surface area contributed by atoms with Crippen LogP contribution in [0.25, 0.3) is 0 Å². The number of aromatic nitrogens is 1. The molecule has 1 heterocycles. The summed E-state index contributed by atoms with van der Waals surface area (Å²) in [6, 6.07) is 4.34. The second kappa shape index (κ2) is 5.83. The number of fused-ring (bicyclic) bond motifs is 1. The molecule has 3 nitrogen and oxygen atoms in total. The molecule has 0 spiro atoms. The van der Waals surface area contributed by atoms with Crippen LogP contribution in [0.1, 0.15) is 55.8 Å². The molecule has 0 aliphatic heterocycles. The minimum absolute atomic E-state index is 0.717.